The third kappa shape index (κ3) is 4.70. The van der Waals surface area contributed by atoms with Crippen LogP contribution >= 0.6 is 22.9 Å². The van der Waals surface area contributed by atoms with Crippen molar-refractivity contribution in [2.75, 3.05) is 7.05 Å². The first-order valence-electron chi connectivity index (χ1n) is 8.98. The molecule has 0 saturated heterocycles. The lowest BCUT2D eigenvalue weighted by molar-refractivity contribution is 0.0777. The summed E-state index contributed by atoms with van der Waals surface area (Å²) < 4.78 is 1.64. The SMILES string of the molecule is CN(Cc1csc(-c2ccccc2)n1)C(=O)c1cn(Cc2ccc(Cl)cc2)nn1. The highest BCUT2D eigenvalue weighted by atomic mass is 35.5. The van der Waals surface area contributed by atoms with Gasteiger partial charge in [0.05, 0.1) is 25.0 Å². The second kappa shape index (κ2) is 8.55. The molecule has 146 valence electrons. The van der Waals surface area contributed by atoms with E-state index in [4.69, 9.17) is 11.6 Å². The highest BCUT2D eigenvalue weighted by Crippen LogP contribution is 2.23. The molecule has 2 aromatic heterocycles. The van der Waals surface area contributed by atoms with E-state index in [0.29, 0.717) is 23.8 Å². The average Bonchev–Trinajstić information content (AvgIpc) is 3.40. The number of hydrogen-bond donors (Lipinski definition) is 0. The number of aromatic nitrogens is 4. The van der Waals surface area contributed by atoms with Crippen molar-refractivity contribution in [2.24, 2.45) is 0 Å². The standard InChI is InChI=1S/C21H18ClN5OS/c1-26(12-18-14-29-20(23-18)16-5-3-2-4-6-16)21(28)19-13-27(25-24-19)11-15-7-9-17(22)10-8-15/h2-10,13-14H,11-12H2,1H3. The summed E-state index contributed by atoms with van der Waals surface area (Å²) in [5, 5.41) is 11.7. The number of carbonyl (C=O) groups is 1. The van der Waals surface area contributed by atoms with Crippen molar-refractivity contribution in [1.82, 2.24) is 24.9 Å². The summed E-state index contributed by atoms with van der Waals surface area (Å²) in [6.45, 7) is 0.930. The van der Waals surface area contributed by atoms with Crippen LogP contribution in [0.3, 0.4) is 0 Å². The van der Waals surface area contributed by atoms with Gasteiger partial charge in [-0.05, 0) is 17.7 Å². The Bertz CT molecular complexity index is 1110. The van der Waals surface area contributed by atoms with Gasteiger partial charge in [-0.1, -0.05) is 59.3 Å². The number of thiazole rings is 1. The van der Waals surface area contributed by atoms with E-state index in [1.165, 1.54) is 0 Å². The molecule has 0 aliphatic carbocycles. The molecule has 0 fully saturated rings. The summed E-state index contributed by atoms with van der Waals surface area (Å²) >= 11 is 7.48. The Morgan fingerprint density at radius 3 is 2.66 bits per heavy atom. The zero-order chi connectivity index (χ0) is 20.2. The summed E-state index contributed by atoms with van der Waals surface area (Å²) in [5.41, 5.74) is 3.25. The highest BCUT2D eigenvalue weighted by molar-refractivity contribution is 7.13. The van der Waals surface area contributed by atoms with Crippen molar-refractivity contribution in [1.29, 1.82) is 0 Å². The molecule has 0 aliphatic heterocycles. The lowest BCUT2D eigenvalue weighted by atomic mass is 10.2. The molecule has 0 aliphatic rings. The van der Waals surface area contributed by atoms with Crippen LogP contribution in [0, 0.1) is 0 Å². The van der Waals surface area contributed by atoms with Gasteiger partial charge in [0.25, 0.3) is 5.91 Å². The van der Waals surface area contributed by atoms with Gasteiger partial charge in [-0.2, -0.15) is 0 Å². The molecule has 8 heteroatoms. The quantitative estimate of drug-likeness (QED) is 0.461. The van der Waals surface area contributed by atoms with Crippen LogP contribution in [0.25, 0.3) is 10.6 Å². The maximum Gasteiger partial charge on any atom is 0.276 e. The van der Waals surface area contributed by atoms with Crippen molar-refractivity contribution < 1.29 is 4.79 Å². The average molecular weight is 424 g/mol. The fourth-order valence-corrected chi connectivity index (χ4v) is 3.80. The number of halogens is 1. The molecule has 0 atom stereocenters. The summed E-state index contributed by atoms with van der Waals surface area (Å²) in [5.74, 6) is -0.193. The van der Waals surface area contributed by atoms with Crippen molar-refractivity contribution in [3.63, 3.8) is 0 Å². The number of carbonyl (C=O) groups excluding carboxylic acids is 1. The number of benzene rings is 2. The lowest BCUT2D eigenvalue weighted by Gasteiger charge is -2.13. The maximum atomic E-state index is 12.7. The zero-order valence-corrected chi connectivity index (χ0v) is 17.3. The van der Waals surface area contributed by atoms with Gasteiger partial charge in [-0.25, -0.2) is 9.67 Å². The second-order valence-corrected chi connectivity index (χ2v) is 7.89. The predicted octanol–water partition coefficient (Wildman–Crippen LogP) is 4.38. The van der Waals surface area contributed by atoms with Crippen LogP contribution in [0.2, 0.25) is 5.02 Å². The smallest absolute Gasteiger partial charge is 0.276 e. The van der Waals surface area contributed by atoms with E-state index in [0.717, 1.165) is 21.8 Å². The molecule has 2 heterocycles. The molecule has 4 rings (SSSR count). The molecule has 0 radical (unpaired) electrons. The summed E-state index contributed by atoms with van der Waals surface area (Å²) in [6, 6.07) is 17.5. The Morgan fingerprint density at radius 2 is 1.90 bits per heavy atom. The fraction of sp³-hybridized carbons (Fsp3) is 0.143. The zero-order valence-electron chi connectivity index (χ0n) is 15.7. The van der Waals surface area contributed by atoms with E-state index in [1.54, 1.807) is 34.2 Å². The minimum atomic E-state index is -0.193. The van der Waals surface area contributed by atoms with Crippen molar-refractivity contribution in [3.8, 4) is 10.6 Å². The highest BCUT2D eigenvalue weighted by Gasteiger charge is 2.17. The first-order chi connectivity index (χ1) is 14.1. The molecule has 0 saturated carbocycles. The van der Waals surface area contributed by atoms with Crippen molar-refractivity contribution in [2.45, 2.75) is 13.1 Å². The minimum Gasteiger partial charge on any atom is -0.334 e. The van der Waals surface area contributed by atoms with Crippen LogP contribution in [0.4, 0.5) is 0 Å². The first-order valence-corrected chi connectivity index (χ1v) is 10.2. The van der Waals surface area contributed by atoms with Gasteiger partial charge in [-0.15, -0.1) is 16.4 Å². The molecule has 0 bridgehead atoms. The van der Waals surface area contributed by atoms with Gasteiger partial charge in [0, 0.05) is 23.0 Å². The van der Waals surface area contributed by atoms with E-state index >= 15 is 0 Å². The molecule has 1 amide bonds. The maximum absolute atomic E-state index is 12.7. The molecule has 0 spiro atoms. The van der Waals surface area contributed by atoms with Gasteiger partial charge in [0.1, 0.15) is 5.01 Å². The summed E-state index contributed by atoms with van der Waals surface area (Å²) in [4.78, 5) is 18.9. The van der Waals surface area contributed by atoms with Gasteiger partial charge in [0.2, 0.25) is 0 Å². The number of hydrogen-bond acceptors (Lipinski definition) is 5. The number of nitrogens with zero attached hydrogens (tertiary/aromatic N) is 5. The van der Waals surface area contributed by atoms with Crippen LogP contribution in [-0.4, -0.2) is 37.8 Å². The summed E-state index contributed by atoms with van der Waals surface area (Å²) in [7, 11) is 1.74. The number of amides is 1. The third-order valence-electron chi connectivity index (χ3n) is 4.33. The van der Waals surface area contributed by atoms with E-state index < -0.39 is 0 Å². The minimum absolute atomic E-state index is 0.193. The van der Waals surface area contributed by atoms with Gasteiger partial charge >= 0.3 is 0 Å². The first kappa shape index (κ1) is 19.3. The van der Waals surface area contributed by atoms with Crippen LogP contribution in [0.15, 0.2) is 66.2 Å². The molecule has 0 unspecified atom stereocenters. The molecule has 2 aromatic carbocycles. The number of rotatable bonds is 6. The molecule has 0 N–H and O–H groups in total. The Morgan fingerprint density at radius 1 is 1.14 bits per heavy atom. The second-order valence-electron chi connectivity index (χ2n) is 6.60. The summed E-state index contributed by atoms with van der Waals surface area (Å²) in [6.07, 6.45) is 1.66. The molecular formula is C21H18ClN5OS. The van der Waals surface area contributed by atoms with E-state index in [2.05, 4.69) is 15.3 Å². The molecule has 29 heavy (non-hydrogen) atoms. The Kier molecular flexibility index (Phi) is 5.69. The van der Waals surface area contributed by atoms with Crippen LogP contribution < -0.4 is 0 Å². The van der Waals surface area contributed by atoms with Gasteiger partial charge < -0.3 is 4.90 Å². The Labute approximate surface area is 177 Å². The van der Waals surface area contributed by atoms with Gasteiger partial charge in [0.15, 0.2) is 5.69 Å². The topological polar surface area (TPSA) is 63.9 Å². The van der Waals surface area contributed by atoms with Crippen molar-refractivity contribution in [3.05, 3.63) is 88.1 Å². The molecule has 6 nitrogen and oxygen atoms in total. The molecular weight excluding hydrogens is 406 g/mol. The van der Waals surface area contributed by atoms with Crippen molar-refractivity contribution >= 4 is 28.8 Å². The molecule has 4 aromatic rings. The predicted molar refractivity (Wildman–Crippen MR) is 114 cm³/mol. The lowest BCUT2D eigenvalue weighted by Crippen LogP contribution is -2.26. The fourth-order valence-electron chi connectivity index (χ4n) is 2.85. The van der Waals surface area contributed by atoms with Crippen LogP contribution in [0.5, 0.6) is 0 Å². The van der Waals surface area contributed by atoms with Crippen LogP contribution in [-0.2, 0) is 13.1 Å². The Balaban J connectivity index is 1.40. The monoisotopic (exact) mass is 423 g/mol. The third-order valence-corrected chi connectivity index (χ3v) is 5.53. The van der Waals surface area contributed by atoms with E-state index in [1.807, 2.05) is 60.0 Å². The van der Waals surface area contributed by atoms with E-state index in [-0.39, 0.29) is 5.91 Å². The van der Waals surface area contributed by atoms with E-state index in [9.17, 15) is 4.79 Å². The largest absolute Gasteiger partial charge is 0.334 e. The normalized spacial score (nSPS) is 10.8. The van der Waals surface area contributed by atoms with Gasteiger partial charge in [-0.3, -0.25) is 4.79 Å². The van der Waals surface area contributed by atoms with Crippen LogP contribution in [0.1, 0.15) is 21.7 Å². The Hall–Kier alpha value is -3.03.